The van der Waals surface area contributed by atoms with E-state index in [9.17, 15) is 5.11 Å². The Morgan fingerprint density at radius 1 is 1.40 bits per heavy atom. The number of hydrogen-bond donors (Lipinski definition) is 1. The smallest absolute Gasteiger partial charge is 0.0931 e. The van der Waals surface area contributed by atoms with E-state index >= 15 is 0 Å². The number of aliphatic hydroxyl groups is 1. The number of aliphatic hydroxyl groups excluding tert-OH is 1. The van der Waals surface area contributed by atoms with E-state index in [0.717, 1.165) is 30.9 Å². The van der Waals surface area contributed by atoms with Gasteiger partial charge in [-0.15, -0.1) is 0 Å². The second kappa shape index (κ2) is 4.45. The van der Waals surface area contributed by atoms with Crippen LogP contribution in [0.4, 0.5) is 5.69 Å². The lowest BCUT2D eigenvalue weighted by Crippen LogP contribution is -2.26. The third-order valence-electron chi connectivity index (χ3n) is 2.62. The molecule has 1 aliphatic heterocycles. The van der Waals surface area contributed by atoms with Crippen LogP contribution in [-0.4, -0.2) is 23.2 Å². The average molecular weight is 204 g/mol. The monoisotopic (exact) mass is 204 g/mol. The van der Waals surface area contributed by atoms with Gasteiger partial charge in [0.25, 0.3) is 0 Å². The molecule has 0 radical (unpaired) electrons. The number of pyridine rings is 1. The molecule has 1 atom stereocenters. The first-order chi connectivity index (χ1) is 7.27. The summed E-state index contributed by atoms with van der Waals surface area (Å²) >= 11 is 0. The lowest BCUT2D eigenvalue weighted by molar-refractivity contribution is 0.194. The van der Waals surface area contributed by atoms with E-state index in [2.05, 4.69) is 22.0 Å². The molecule has 80 valence electrons. The van der Waals surface area contributed by atoms with Gasteiger partial charge in [-0.1, -0.05) is 12.2 Å². The highest BCUT2D eigenvalue weighted by Crippen LogP contribution is 2.18. The first-order valence-corrected chi connectivity index (χ1v) is 5.31. The second-order valence-electron chi connectivity index (χ2n) is 3.82. The normalized spacial score (nSPS) is 17.9. The Labute approximate surface area is 90.1 Å². The van der Waals surface area contributed by atoms with Crippen molar-refractivity contribution >= 4 is 5.69 Å². The van der Waals surface area contributed by atoms with Crippen molar-refractivity contribution in [1.29, 1.82) is 0 Å². The first kappa shape index (κ1) is 10.2. The highest BCUT2D eigenvalue weighted by Gasteiger charge is 2.08. The van der Waals surface area contributed by atoms with Crippen LogP contribution < -0.4 is 4.90 Å². The fourth-order valence-electron chi connectivity index (χ4n) is 1.71. The molecule has 1 aromatic heterocycles. The molecule has 2 rings (SSSR count). The lowest BCUT2D eigenvalue weighted by Gasteiger charge is -2.25. The van der Waals surface area contributed by atoms with Crippen LogP contribution in [0.5, 0.6) is 0 Å². The third-order valence-corrected chi connectivity index (χ3v) is 2.62. The quantitative estimate of drug-likeness (QED) is 0.747. The van der Waals surface area contributed by atoms with E-state index in [1.807, 2.05) is 18.3 Å². The number of aromatic nitrogens is 1. The first-order valence-electron chi connectivity index (χ1n) is 5.31. The molecular formula is C12H16N2O. The van der Waals surface area contributed by atoms with E-state index < -0.39 is 6.10 Å². The average Bonchev–Trinajstić information content (AvgIpc) is 2.30. The minimum Gasteiger partial charge on any atom is -0.387 e. The lowest BCUT2D eigenvalue weighted by atomic mass is 10.2. The number of rotatable bonds is 2. The predicted molar refractivity (Wildman–Crippen MR) is 60.8 cm³/mol. The molecule has 0 aliphatic carbocycles. The van der Waals surface area contributed by atoms with Gasteiger partial charge in [0.1, 0.15) is 0 Å². The number of hydrogen-bond acceptors (Lipinski definition) is 3. The molecule has 1 aromatic rings. The summed E-state index contributed by atoms with van der Waals surface area (Å²) in [7, 11) is 0. The van der Waals surface area contributed by atoms with Gasteiger partial charge in [-0.3, -0.25) is 4.98 Å². The Hall–Kier alpha value is -1.35. The van der Waals surface area contributed by atoms with Crippen LogP contribution in [0, 0.1) is 0 Å². The highest BCUT2D eigenvalue weighted by atomic mass is 16.3. The second-order valence-corrected chi connectivity index (χ2v) is 3.82. The molecule has 2 heterocycles. The van der Waals surface area contributed by atoms with Gasteiger partial charge in [-0.25, -0.2) is 0 Å². The Morgan fingerprint density at radius 3 is 2.80 bits per heavy atom. The van der Waals surface area contributed by atoms with Crippen molar-refractivity contribution in [3.63, 3.8) is 0 Å². The molecule has 0 fully saturated rings. The molecule has 0 amide bonds. The van der Waals surface area contributed by atoms with Crippen LogP contribution in [0.2, 0.25) is 0 Å². The highest BCUT2D eigenvalue weighted by molar-refractivity contribution is 5.46. The molecule has 3 heteroatoms. The maximum Gasteiger partial charge on any atom is 0.0931 e. The summed E-state index contributed by atoms with van der Waals surface area (Å²) in [6.45, 7) is 3.73. The summed E-state index contributed by atoms with van der Waals surface area (Å²) in [5, 5.41) is 9.34. The topological polar surface area (TPSA) is 36.4 Å². The Kier molecular flexibility index (Phi) is 3.02. The van der Waals surface area contributed by atoms with E-state index in [-0.39, 0.29) is 0 Å². The van der Waals surface area contributed by atoms with Gasteiger partial charge in [0.15, 0.2) is 0 Å². The van der Waals surface area contributed by atoms with E-state index in [4.69, 9.17) is 0 Å². The molecule has 0 unspecified atom stereocenters. The SMILES string of the molecule is C[C@H](O)c1ccc(N2CC=CCC2)cn1. The molecule has 3 nitrogen and oxygen atoms in total. The van der Waals surface area contributed by atoms with Gasteiger partial charge in [0.2, 0.25) is 0 Å². The molecule has 0 spiro atoms. The third kappa shape index (κ3) is 2.36. The van der Waals surface area contributed by atoms with Crippen molar-refractivity contribution < 1.29 is 5.11 Å². The Balaban J connectivity index is 2.12. The van der Waals surface area contributed by atoms with Gasteiger partial charge < -0.3 is 10.0 Å². The maximum atomic E-state index is 9.34. The fourth-order valence-corrected chi connectivity index (χ4v) is 1.71. The van der Waals surface area contributed by atoms with Gasteiger partial charge in [-0.2, -0.15) is 0 Å². The Bertz CT molecular complexity index is 343. The summed E-state index contributed by atoms with van der Waals surface area (Å²) < 4.78 is 0. The van der Waals surface area contributed by atoms with Gasteiger partial charge in [0, 0.05) is 13.1 Å². The van der Waals surface area contributed by atoms with E-state index in [1.165, 1.54) is 0 Å². The van der Waals surface area contributed by atoms with Crippen LogP contribution in [0.1, 0.15) is 25.1 Å². The van der Waals surface area contributed by atoms with Crippen LogP contribution in [0.25, 0.3) is 0 Å². The molecular weight excluding hydrogens is 188 g/mol. The molecule has 15 heavy (non-hydrogen) atoms. The maximum absolute atomic E-state index is 9.34. The Morgan fingerprint density at radius 2 is 2.27 bits per heavy atom. The summed E-state index contributed by atoms with van der Waals surface area (Å²) in [5.74, 6) is 0. The van der Waals surface area contributed by atoms with Crippen molar-refractivity contribution in [3.05, 3.63) is 36.2 Å². The zero-order valence-electron chi connectivity index (χ0n) is 8.93. The van der Waals surface area contributed by atoms with Crippen molar-refractivity contribution in [3.8, 4) is 0 Å². The number of anilines is 1. The molecule has 1 N–H and O–H groups in total. The summed E-state index contributed by atoms with van der Waals surface area (Å²) in [6.07, 6.45) is 6.82. The van der Waals surface area contributed by atoms with Crippen molar-refractivity contribution in [2.24, 2.45) is 0 Å². The van der Waals surface area contributed by atoms with E-state index in [1.54, 1.807) is 6.92 Å². The minimum atomic E-state index is -0.486. The van der Waals surface area contributed by atoms with Crippen LogP contribution in [0.3, 0.4) is 0 Å². The number of nitrogens with zero attached hydrogens (tertiary/aromatic N) is 2. The predicted octanol–water partition coefficient (Wildman–Crippen LogP) is 1.90. The van der Waals surface area contributed by atoms with Gasteiger partial charge in [0.05, 0.1) is 23.7 Å². The fraction of sp³-hybridized carbons (Fsp3) is 0.417. The summed E-state index contributed by atoms with van der Waals surface area (Å²) in [5.41, 5.74) is 1.86. The van der Waals surface area contributed by atoms with Crippen LogP contribution >= 0.6 is 0 Å². The van der Waals surface area contributed by atoms with Crippen LogP contribution in [0.15, 0.2) is 30.5 Å². The minimum absolute atomic E-state index is 0.486. The largest absolute Gasteiger partial charge is 0.387 e. The molecule has 0 aromatic carbocycles. The van der Waals surface area contributed by atoms with Gasteiger partial charge in [-0.05, 0) is 25.5 Å². The van der Waals surface area contributed by atoms with Crippen LogP contribution in [-0.2, 0) is 0 Å². The van der Waals surface area contributed by atoms with Gasteiger partial charge >= 0.3 is 0 Å². The summed E-state index contributed by atoms with van der Waals surface area (Å²) in [4.78, 5) is 6.51. The molecule has 0 saturated carbocycles. The molecule has 0 saturated heterocycles. The van der Waals surface area contributed by atoms with E-state index in [0.29, 0.717) is 0 Å². The zero-order chi connectivity index (χ0) is 10.7. The standard InChI is InChI=1S/C12H16N2O/c1-10(15)12-6-5-11(9-13-12)14-7-3-2-4-8-14/h2-3,5-6,9-10,15H,4,7-8H2,1H3/t10-/m0/s1. The van der Waals surface area contributed by atoms with Crippen molar-refractivity contribution in [1.82, 2.24) is 4.98 Å². The zero-order valence-corrected chi connectivity index (χ0v) is 8.93. The summed E-state index contributed by atoms with van der Waals surface area (Å²) in [6, 6.07) is 3.91. The van der Waals surface area contributed by atoms with Crippen molar-refractivity contribution in [2.75, 3.05) is 18.0 Å². The molecule has 0 bridgehead atoms. The van der Waals surface area contributed by atoms with Crippen molar-refractivity contribution in [2.45, 2.75) is 19.4 Å². The molecule has 1 aliphatic rings.